The summed E-state index contributed by atoms with van der Waals surface area (Å²) in [5.74, 6) is 0.718. The van der Waals surface area contributed by atoms with Gasteiger partial charge in [0.2, 0.25) is 0 Å². The number of H-pyrrole nitrogens is 2. The van der Waals surface area contributed by atoms with Crippen LogP contribution in [0.25, 0.3) is 50.4 Å². The standard InChI is InChI=1S/C21H17N7S/c1-5-22-6-2-12(1)14-9-16-18(27-28-19(16)24-10-14)21-25-17-15(13-4-8-29-11-13)3-7-23-20(17)26-21/h1,3-4,7-11,22H,2,5-6H2,(H,23,25,26)(H,24,27,28). The highest BCUT2D eigenvalue weighted by molar-refractivity contribution is 7.08. The number of rotatable bonds is 3. The lowest BCUT2D eigenvalue weighted by atomic mass is 10.0. The molecule has 3 N–H and O–H groups in total. The van der Waals surface area contributed by atoms with Gasteiger partial charge in [0.05, 0.1) is 10.9 Å². The van der Waals surface area contributed by atoms with Crippen LogP contribution in [0.3, 0.4) is 0 Å². The Labute approximate surface area is 169 Å². The monoisotopic (exact) mass is 399 g/mol. The van der Waals surface area contributed by atoms with E-state index in [0.29, 0.717) is 11.3 Å². The van der Waals surface area contributed by atoms with Crippen molar-refractivity contribution in [3.63, 3.8) is 0 Å². The van der Waals surface area contributed by atoms with Gasteiger partial charge in [-0.1, -0.05) is 6.08 Å². The third kappa shape index (κ3) is 2.76. The molecular weight excluding hydrogens is 382 g/mol. The van der Waals surface area contributed by atoms with Crippen molar-refractivity contribution in [2.75, 3.05) is 13.1 Å². The number of nitrogens with one attached hydrogen (secondary N) is 3. The first kappa shape index (κ1) is 16.6. The third-order valence-electron chi connectivity index (χ3n) is 5.31. The summed E-state index contributed by atoms with van der Waals surface area (Å²) < 4.78 is 0. The molecule has 0 amide bonds. The van der Waals surface area contributed by atoms with Crippen molar-refractivity contribution in [2.45, 2.75) is 6.42 Å². The second-order valence-corrected chi connectivity index (χ2v) is 7.81. The fourth-order valence-electron chi connectivity index (χ4n) is 3.83. The van der Waals surface area contributed by atoms with Gasteiger partial charge in [-0.15, -0.1) is 0 Å². The van der Waals surface area contributed by atoms with E-state index in [4.69, 9.17) is 4.98 Å². The Morgan fingerprint density at radius 1 is 1.07 bits per heavy atom. The van der Waals surface area contributed by atoms with Crippen molar-refractivity contribution < 1.29 is 0 Å². The molecule has 0 spiro atoms. The maximum Gasteiger partial charge on any atom is 0.181 e. The second-order valence-electron chi connectivity index (χ2n) is 7.03. The lowest BCUT2D eigenvalue weighted by molar-refractivity contribution is 0.738. The van der Waals surface area contributed by atoms with Gasteiger partial charge < -0.3 is 10.3 Å². The lowest BCUT2D eigenvalue weighted by Crippen LogP contribution is -2.20. The van der Waals surface area contributed by atoms with E-state index in [-0.39, 0.29) is 0 Å². The number of fused-ring (bicyclic) bond motifs is 2. The van der Waals surface area contributed by atoms with Gasteiger partial charge in [-0.3, -0.25) is 5.10 Å². The van der Waals surface area contributed by atoms with Gasteiger partial charge in [-0.05, 0) is 58.6 Å². The molecule has 0 aromatic carbocycles. The van der Waals surface area contributed by atoms with Crippen LogP contribution in [0, 0.1) is 0 Å². The van der Waals surface area contributed by atoms with Crippen LogP contribution in [0.15, 0.2) is 47.4 Å². The molecule has 5 aromatic heterocycles. The summed E-state index contributed by atoms with van der Waals surface area (Å²) in [7, 11) is 0. The van der Waals surface area contributed by atoms with Crippen LogP contribution in [0.1, 0.15) is 12.0 Å². The zero-order valence-electron chi connectivity index (χ0n) is 15.4. The first-order valence-corrected chi connectivity index (χ1v) is 10.4. The second kappa shape index (κ2) is 6.61. The summed E-state index contributed by atoms with van der Waals surface area (Å²) in [6.45, 7) is 1.88. The maximum atomic E-state index is 4.73. The van der Waals surface area contributed by atoms with Crippen molar-refractivity contribution in [3.8, 4) is 22.6 Å². The Hall–Kier alpha value is -3.36. The van der Waals surface area contributed by atoms with Crippen LogP contribution in [0.2, 0.25) is 0 Å². The molecule has 8 heteroatoms. The van der Waals surface area contributed by atoms with E-state index in [9.17, 15) is 0 Å². The number of thiophene rings is 1. The molecule has 5 aromatic rings. The molecule has 0 aliphatic carbocycles. The first-order valence-electron chi connectivity index (χ1n) is 9.49. The number of hydrogen-bond donors (Lipinski definition) is 3. The summed E-state index contributed by atoms with van der Waals surface area (Å²) in [6.07, 6.45) is 6.93. The molecule has 0 atom stereocenters. The fourth-order valence-corrected chi connectivity index (χ4v) is 4.48. The maximum absolute atomic E-state index is 4.73. The van der Waals surface area contributed by atoms with Crippen molar-refractivity contribution >= 4 is 39.1 Å². The van der Waals surface area contributed by atoms with E-state index in [0.717, 1.165) is 58.6 Å². The molecule has 6 rings (SSSR count). The van der Waals surface area contributed by atoms with Crippen LogP contribution in [-0.2, 0) is 0 Å². The number of pyridine rings is 2. The molecule has 1 aliphatic rings. The van der Waals surface area contributed by atoms with Crippen LogP contribution in [-0.4, -0.2) is 43.2 Å². The molecule has 29 heavy (non-hydrogen) atoms. The summed E-state index contributed by atoms with van der Waals surface area (Å²) in [5.41, 5.74) is 7.84. The fraction of sp³-hybridized carbons (Fsp3) is 0.143. The van der Waals surface area contributed by atoms with Crippen molar-refractivity contribution in [3.05, 3.63) is 53.0 Å². The van der Waals surface area contributed by atoms with Crippen LogP contribution < -0.4 is 5.32 Å². The highest BCUT2D eigenvalue weighted by Crippen LogP contribution is 2.32. The minimum Gasteiger partial charge on any atom is -0.335 e. The van der Waals surface area contributed by atoms with E-state index >= 15 is 0 Å². The highest BCUT2D eigenvalue weighted by atomic mass is 32.1. The van der Waals surface area contributed by atoms with E-state index < -0.39 is 0 Å². The van der Waals surface area contributed by atoms with Gasteiger partial charge in [-0.2, -0.15) is 16.4 Å². The molecule has 1 aliphatic heterocycles. The number of hydrogen-bond acceptors (Lipinski definition) is 6. The highest BCUT2D eigenvalue weighted by Gasteiger charge is 2.17. The molecule has 0 unspecified atom stereocenters. The SMILES string of the molecule is C1=C(c2cnc3n[nH]c(-c4nc5nccc(-c6ccsc6)c5[nH]4)c3c2)CCNC1. The predicted octanol–water partition coefficient (Wildman–Crippen LogP) is 4.00. The smallest absolute Gasteiger partial charge is 0.181 e. The molecular formula is C21H17N7S. The average molecular weight is 399 g/mol. The van der Waals surface area contributed by atoms with Gasteiger partial charge in [0.15, 0.2) is 17.1 Å². The number of aromatic nitrogens is 6. The molecule has 6 heterocycles. The Morgan fingerprint density at radius 3 is 2.93 bits per heavy atom. The number of imidazole rings is 1. The number of nitrogens with zero attached hydrogens (tertiary/aromatic N) is 4. The topological polar surface area (TPSA) is 95.2 Å². The van der Waals surface area contributed by atoms with Crippen molar-refractivity contribution in [1.29, 1.82) is 0 Å². The molecule has 0 radical (unpaired) electrons. The number of aromatic amines is 2. The summed E-state index contributed by atoms with van der Waals surface area (Å²) in [6, 6.07) is 6.27. The Bertz CT molecular complexity index is 1360. The van der Waals surface area contributed by atoms with Gasteiger partial charge in [-0.25, -0.2) is 15.0 Å². The molecule has 0 bridgehead atoms. The van der Waals surface area contributed by atoms with Gasteiger partial charge in [0.1, 0.15) is 5.69 Å². The lowest BCUT2D eigenvalue weighted by Gasteiger charge is -2.13. The summed E-state index contributed by atoms with van der Waals surface area (Å²) in [4.78, 5) is 17.2. The Morgan fingerprint density at radius 2 is 2.07 bits per heavy atom. The van der Waals surface area contributed by atoms with Gasteiger partial charge in [0, 0.05) is 24.5 Å². The minimum absolute atomic E-state index is 0.685. The molecule has 0 saturated heterocycles. The quantitative estimate of drug-likeness (QED) is 0.426. The molecule has 7 nitrogen and oxygen atoms in total. The largest absolute Gasteiger partial charge is 0.335 e. The third-order valence-corrected chi connectivity index (χ3v) is 5.99. The van der Waals surface area contributed by atoms with Gasteiger partial charge in [0.25, 0.3) is 0 Å². The predicted molar refractivity (Wildman–Crippen MR) is 116 cm³/mol. The van der Waals surface area contributed by atoms with E-state index in [1.807, 2.05) is 12.3 Å². The summed E-state index contributed by atoms with van der Waals surface area (Å²) >= 11 is 1.68. The van der Waals surface area contributed by atoms with Crippen LogP contribution in [0.5, 0.6) is 0 Å². The normalized spacial score (nSPS) is 14.6. The first-order chi connectivity index (χ1) is 14.4. The Balaban J connectivity index is 1.50. The van der Waals surface area contributed by atoms with Crippen molar-refractivity contribution in [2.24, 2.45) is 0 Å². The van der Waals surface area contributed by atoms with Crippen LogP contribution in [0.4, 0.5) is 0 Å². The van der Waals surface area contributed by atoms with Crippen molar-refractivity contribution in [1.82, 2.24) is 35.5 Å². The van der Waals surface area contributed by atoms with Gasteiger partial charge >= 0.3 is 0 Å². The van der Waals surface area contributed by atoms with E-state index in [2.05, 4.69) is 59.4 Å². The molecule has 0 saturated carbocycles. The van der Waals surface area contributed by atoms with Crippen LogP contribution >= 0.6 is 11.3 Å². The zero-order chi connectivity index (χ0) is 19.2. The zero-order valence-corrected chi connectivity index (χ0v) is 16.3. The average Bonchev–Trinajstić information content (AvgIpc) is 3.52. The molecule has 142 valence electrons. The summed E-state index contributed by atoms with van der Waals surface area (Å²) in [5, 5.41) is 16.0. The van der Waals surface area contributed by atoms with E-state index in [1.54, 1.807) is 17.5 Å². The molecule has 0 fully saturated rings. The minimum atomic E-state index is 0.685. The Kier molecular flexibility index (Phi) is 3.78. The van der Waals surface area contributed by atoms with E-state index in [1.165, 1.54) is 5.57 Å².